The number of ether oxygens (including phenoxy) is 1. The number of nitrogens with zero attached hydrogens (tertiary/aromatic N) is 1. The van der Waals surface area contributed by atoms with E-state index in [9.17, 15) is 14.4 Å². The van der Waals surface area contributed by atoms with E-state index in [4.69, 9.17) is 4.74 Å². The molecule has 27 heavy (non-hydrogen) atoms. The van der Waals surface area contributed by atoms with Crippen molar-refractivity contribution >= 4 is 23.5 Å². The molecule has 140 valence electrons. The van der Waals surface area contributed by atoms with Gasteiger partial charge in [0.25, 0.3) is 0 Å². The van der Waals surface area contributed by atoms with Crippen LogP contribution >= 0.6 is 0 Å². The molecule has 1 unspecified atom stereocenters. The van der Waals surface area contributed by atoms with Crippen molar-refractivity contribution in [2.45, 2.75) is 25.8 Å². The first-order chi connectivity index (χ1) is 13.0. The molecule has 6 nitrogen and oxygen atoms in total. The van der Waals surface area contributed by atoms with Crippen LogP contribution in [0.3, 0.4) is 0 Å². The van der Waals surface area contributed by atoms with Crippen molar-refractivity contribution < 1.29 is 19.1 Å². The van der Waals surface area contributed by atoms with Gasteiger partial charge in [0.15, 0.2) is 0 Å². The number of benzene rings is 2. The van der Waals surface area contributed by atoms with E-state index in [0.29, 0.717) is 18.5 Å². The number of fused-ring (bicyclic) bond motifs is 1. The molecule has 0 bridgehead atoms. The molecule has 1 atom stereocenters. The zero-order chi connectivity index (χ0) is 19.4. The Morgan fingerprint density at radius 3 is 2.56 bits per heavy atom. The number of carbonyl (C=O) groups is 3. The number of anilines is 1. The molecule has 0 spiro atoms. The lowest BCUT2D eigenvalue weighted by molar-refractivity contribution is -0.121. The Morgan fingerprint density at radius 1 is 1.15 bits per heavy atom. The van der Waals surface area contributed by atoms with Gasteiger partial charge < -0.3 is 15.0 Å². The summed E-state index contributed by atoms with van der Waals surface area (Å²) in [4.78, 5) is 37.9. The number of hydrogen-bond donors (Lipinski definition) is 1. The summed E-state index contributed by atoms with van der Waals surface area (Å²) in [6.45, 7) is 2.00. The second kappa shape index (κ2) is 8.03. The third kappa shape index (κ3) is 4.16. The highest BCUT2D eigenvalue weighted by molar-refractivity contribution is 5.97. The highest BCUT2D eigenvalue weighted by Crippen LogP contribution is 2.31. The Balaban J connectivity index is 1.78. The van der Waals surface area contributed by atoms with E-state index in [1.165, 1.54) is 14.0 Å². The fourth-order valence-electron chi connectivity index (χ4n) is 3.37. The predicted octanol–water partition coefficient (Wildman–Crippen LogP) is 2.63. The molecular formula is C21H22N2O4. The van der Waals surface area contributed by atoms with E-state index >= 15 is 0 Å². The lowest BCUT2D eigenvalue weighted by atomic mass is 10.0. The molecule has 0 aromatic heterocycles. The maximum Gasteiger partial charge on any atom is 0.337 e. The SMILES string of the molecule is COC(=O)c1ccc2c(c1)CCN2C(=O)CC(NC(C)=O)c1ccccc1. The molecule has 1 heterocycles. The number of esters is 1. The number of hydrogen-bond acceptors (Lipinski definition) is 4. The minimum Gasteiger partial charge on any atom is -0.465 e. The first kappa shape index (κ1) is 18.6. The zero-order valence-corrected chi connectivity index (χ0v) is 15.4. The van der Waals surface area contributed by atoms with E-state index in [2.05, 4.69) is 5.32 Å². The average molecular weight is 366 g/mol. The molecule has 0 fully saturated rings. The van der Waals surface area contributed by atoms with Crippen LogP contribution in [0, 0.1) is 0 Å². The van der Waals surface area contributed by atoms with E-state index in [1.807, 2.05) is 30.3 Å². The summed E-state index contributed by atoms with van der Waals surface area (Å²) in [5, 5.41) is 2.86. The van der Waals surface area contributed by atoms with Gasteiger partial charge in [-0.3, -0.25) is 9.59 Å². The molecule has 3 rings (SSSR count). The minimum atomic E-state index is -0.391. The molecule has 0 saturated heterocycles. The molecule has 0 aliphatic carbocycles. The summed E-state index contributed by atoms with van der Waals surface area (Å²) >= 11 is 0. The zero-order valence-electron chi connectivity index (χ0n) is 15.4. The molecule has 2 aromatic carbocycles. The van der Waals surface area contributed by atoms with Crippen LogP contribution in [-0.4, -0.2) is 31.4 Å². The monoisotopic (exact) mass is 366 g/mol. The maximum absolute atomic E-state index is 12.9. The van der Waals surface area contributed by atoms with Gasteiger partial charge in [0.1, 0.15) is 0 Å². The Bertz CT molecular complexity index is 864. The van der Waals surface area contributed by atoms with Crippen LogP contribution in [0.4, 0.5) is 5.69 Å². The van der Waals surface area contributed by atoms with Gasteiger partial charge in [0.2, 0.25) is 11.8 Å². The number of methoxy groups -OCH3 is 1. The molecule has 1 aliphatic rings. The number of carbonyl (C=O) groups excluding carboxylic acids is 3. The van der Waals surface area contributed by atoms with Crippen molar-refractivity contribution in [3.8, 4) is 0 Å². The van der Waals surface area contributed by atoms with Crippen molar-refractivity contribution in [1.82, 2.24) is 5.32 Å². The maximum atomic E-state index is 12.9. The van der Waals surface area contributed by atoms with E-state index in [0.717, 1.165) is 16.8 Å². The predicted molar refractivity (Wildman–Crippen MR) is 101 cm³/mol. The van der Waals surface area contributed by atoms with Crippen LogP contribution in [-0.2, 0) is 20.7 Å². The third-order valence-electron chi connectivity index (χ3n) is 4.66. The van der Waals surface area contributed by atoms with Crippen molar-refractivity contribution in [2.24, 2.45) is 0 Å². The van der Waals surface area contributed by atoms with Gasteiger partial charge >= 0.3 is 5.97 Å². The summed E-state index contributed by atoms with van der Waals surface area (Å²) in [6, 6.07) is 14.3. The van der Waals surface area contributed by atoms with Crippen LogP contribution < -0.4 is 10.2 Å². The average Bonchev–Trinajstić information content (AvgIpc) is 3.10. The summed E-state index contributed by atoms with van der Waals surface area (Å²) in [7, 11) is 1.34. The summed E-state index contributed by atoms with van der Waals surface area (Å²) < 4.78 is 4.75. The molecule has 6 heteroatoms. The Kier molecular flexibility index (Phi) is 5.54. The topological polar surface area (TPSA) is 75.7 Å². The Hall–Kier alpha value is -3.15. The fourth-order valence-corrected chi connectivity index (χ4v) is 3.37. The van der Waals surface area contributed by atoms with Crippen molar-refractivity contribution in [3.63, 3.8) is 0 Å². The Morgan fingerprint density at radius 2 is 1.89 bits per heavy atom. The minimum absolute atomic E-state index is 0.0674. The van der Waals surface area contributed by atoms with Crippen LogP contribution in [0.15, 0.2) is 48.5 Å². The second-order valence-electron chi connectivity index (χ2n) is 6.50. The van der Waals surface area contributed by atoms with Gasteiger partial charge in [-0.25, -0.2) is 4.79 Å². The van der Waals surface area contributed by atoms with Gasteiger partial charge in [-0.2, -0.15) is 0 Å². The summed E-state index contributed by atoms with van der Waals surface area (Å²) in [5.74, 6) is -0.638. The number of rotatable bonds is 5. The van der Waals surface area contributed by atoms with Crippen molar-refractivity contribution in [2.75, 3.05) is 18.6 Å². The Labute approximate surface area is 158 Å². The van der Waals surface area contributed by atoms with E-state index < -0.39 is 5.97 Å². The first-order valence-electron chi connectivity index (χ1n) is 8.83. The first-order valence-corrected chi connectivity index (χ1v) is 8.83. The lowest BCUT2D eigenvalue weighted by Crippen LogP contribution is -2.35. The van der Waals surface area contributed by atoms with Crippen LogP contribution in [0.5, 0.6) is 0 Å². The van der Waals surface area contributed by atoms with Crippen molar-refractivity contribution in [1.29, 1.82) is 0 Å². The van der Waals surface area contributed by atoms with Gasteiger partial charge in [-0.05, 0) is 35.7 Å². The smallest absolute Gasteiger partial charge is 0.337 e. The number of nitrogens with one attached hydrogen (secondary N) is 1. The molecule has 0 radical (unpaired) electrons. The van der Waals surface area contributed by atoms with Crippen molar-refractivity contribution in [3.05, 3.63) is 65.2 Å². The highest BCUT2D eigenvalue weighted by Gasteiger charge is 2.28. The van der Waals surface area contributed by atoms with Gasteiger partial charge in [0, 0.05) is 19.2 Å². The molecule has 2 aromatic rings. The summed E-state index contributed by atoms with van der Waals surface area (Å²) in [5.41, 5.74) is 3.12. The quantitative estimate of drug-likeness (QED) is 0.826. The second-order valence-corrected chi connectivity index (χ2v) is 6.50. The third-order valence-corrected chi connectivity index (χ3v) is 4.66. The van der Waals surface area contributed by atoms with Gasteiger partial charge in [0.05, 0.1) is 25.1 Å². The molecule has 2 amide bonds. The molecule has 1 N–H and O–H groups in total. The van der Waals surface area contributed by atoms with Crippen LogP contribution in [0.25, 0.3) is 0 Å². The van der Waals surface area contributed by atoms with Crippen LogP contribution in [0.2, 0.25) is 0 Å². The standard InChI is InChI=1S/C21H22N2O4/c1-14(24)22-18(15-6-4-3-5-7-15)13-20(25)23-11-10-16-12-17(21(26)27-2)8-9-19(16)23/h3-9,12,18H,10-11,13H2,1-2H3,(H,22,24). The largest absolute Gasteiger partial charge is 0.465 e. The molecule has 0 saturated carbocycles. The summed E-state index contributed by atoms with van der Waals surface area (Å²) in [6.07, 6.45) is 0.851. The number of amides is 2. The van der Waals surface area contributed by atoms with Gasteiger partial charge in [-0.15, -0.1) is 0 Å². The van der Waals surface area contributed by atoms with E-state index in [1.54, 1.807) is 23.1 Å². The molecular weight excluding hydrogens is 344 g/mol. The van der Waals surface area contributed by atoms with Crippen LogP contribution in [0.1, 0.15) is 40.9 Å². The normalized spacial score (nSPS) is 13.6. The highest BCUT2D eigenvalue weighted by atomic mass is 16.5. The van der Waals surface area contributed by atoms with E-state index in [-0.39, 0.29) is 24.3 Å². The molecule has 1 aliphatic heterocycles. The lowest BCUT2D eigenvalue weighted by Gasteiger charge is -2.23. The fraction of sp³-hybridized carbons (Fsp3) is 0.286. The van der Waals surface area contributed by atoms with Gasteiger partial charge in [-0.1, -0.05) is 30.3 Å².